The van der Waals surface area contributed by atoms with Crippen LogP contribution in [0.15, 0.2) is 24.3 Å². The smallest absolute Gasteiger partial charge is 0.191 e. The second-order valence-electron chi connectivity index (χ2n) is 4.03. The van der Waals surface area contributed by atoms with Crippen LogP contribution in [-0.2, 0) is 20.1 Å². The zero-order chi connectivity index (χ0) is 14.6. The van der Waals surface area contributed by atoms with E-state index in [2.05, 4.69) is 12.1 Å². The number of hydrogen-bond acceptors (Lipinski definition) is 5. The molecule has 114 valence electrons. The average molecular weight is 300 g/mol. The first-order valence-corrected chi connectivity index (χ1v) is 8.05. The number of benzene rings is 1. The zero-order valence-corrected chi connectivity index (χ0v) is 13.3. The van der Waals surface area contributed by atoms with Gasteiger partial charge in [0, 0.05) is 19.5 Å². The third-order valence-electron chi connectivity index (χ3n) is 2.61. The van der Waals surface area contributed by atoms with Crippen LogP contribution >= 0.6 is 12.0 Å². The highest BCUT2D eigenvalue weighted by Crippen LogP contribution is 2.14. The monoisotopic (exact) mass is 300 g/mol. The molecule has 0 aliphatic rings. The summed E-state index contributed by atoms with van der Waals surface area (Å²) in [6.45, 7) is 6.23. The van der Waals surface area contributed by atoms with E-state index in [1.54, 1.807) is 0 Å². The summed E-state index contributed by atoms with van der Waals surface area (Å²) in [5.41, 5.74) is 1.23. The Morgan fingerprint density at radius 1 is 1.05 bits per heavy atom. The van der Waals surface area contributed by atoms with Crippen LogP contribution < -0.4 is 4.74 Å². The molecule has 0 saturated carbocycles. The van der Waals surface area contributed by atoms with E-state index < -0.39 is 0 Å². The lowest BCUT2D eigenvalue weighted by molar-refractivity contribution is -0.152. The second-order valence-corrected chi connectivity index (χ2v) is 4.60. The van der Waals surface area contributed by atoms with Crippen LogP contribution in [0, 0.1) is 0 Å². The van der Waals surface area contributed by atoms with Crippen molar-refractivity contribution in [1.29, 1.82) is 0 Å². The highest BCUT2D eigenvalue weighted by molar-refractivity contribution is 7.93. The maximum absolute atomic E-state index is 5.67. The van der Waals surface area contributed by atoms with Crippen LogP contribution in [-0.4, -0.2) is 39.0 Å². The minimum Gasteiger partial charge on any atom is -0.488 e. The topological polar surface area (TPSA) is 36.9 Å². The molecule has 4 nitrogen and oxygen atoms in total. The Hall–Kier alpha value is -0.750. The van der Waals surface area contributed by atoms with E-state index >= 15 is 0 Å². The van der Waals surface area contributed by atoms with Crippen LogP contribution in [0.2, 0.25) is 0 Å². The van der Waals surface area contributed by atoms with Gasteiger partial charge in [-0.25, -0.2) is 0 Å². The largest absolute Gasteiger partial charge is 0.488 e. The summed E-state index contributed by atoms with van der Waals surface area (Å²) in [6.07, 6.45) is 2.52. The molecular weight excluding hydrogens is 276 g/mol. The number of ether oxygens (including phenoxy) is 3. The van der Waals surface area contributed by atoms with Gasteiger partial charge in [-0.1, -0.05) is 12.1 Å². The Labute approximate surface area is 126 Å². The summed E-state index contributed by atoms with van der Waals surface area (Å²) in [7, 11) is 0. The normalized spacial score (nSPS) is 11.0. The van der Waals surface area contributed by atoms with Gasteiger partial charge in [-0.2, -0.15) is 0 Å². The molecule has 0 amide bonds. The standard InChI is InChI=1S/C15H24O4S/c1-4-16-15(17-5-2)12-18-14-8-6-13(7-9-14)10-11-19-20-3/h6-9,15H,4-5,10-12H2,1-3H3. The van der Waals surface area contributed by atoms with Crippen molar-refractivity contribution in [2.45, 2.75) is 26.6 Å². The van der Waals surface area contributed by atoms with Gasteiger partial charge in [-0.05, 0) is 50.0 Å². The molecule has 20 heavy (non-hydrogen) atoms. The summed E-state index contributed by atoms with van der Waals surface area (Å²) >= 11 is 1.39. The minimum atomic E-state index is -0.306. The Morgan fingerprint density at radius 2 is 1.70 bits per heavy atom. The van der Waals surface area contributed by atoms with Gasteiger partial charge in [0.15, 0.2) is 6.29 Å². The fraction of sp³-hybridized carbons (Fsp3) is 0.600. The lowest BCUT2D eigenvalue weighted by Gasteiger charge is -2.17. The molecule has 0 N–H and O–H groups in total. The molecular formula is C15H24O4S. The second kappa shape index (κ2) is 11.0. The van der Waals surface area contributed by atoms with E-state index in [0.29, 0.717) is 19.8 Å². The molecule has 1 rings (SSSR count). The number of hydrogen-bond donors (Lipinski definition) is 0. The Kier molecular flexibility index (Phi) is 9.49. The molecule has 0 bridgehead atoms. The average Bonchev–Trinajstić information content (AvgIpc) is 2.47. The fourth-order valence-corrected chi connectivity index (χ4v) is 1.93. The van der Waals surface area contributed by atoms with Gasteiger partial charge in [-0.3, -0.25) is 0 Å². The van der Waals surface area contributed by atoms with Crippen molar-refractivity contribution in [3.63, 3.8) is 0 Å². The molecule has 0 aromatic heterocycles. The first-order chi connectivity index (χ1) is 9.80. The molecule has 0 heterocycles. The predicted octanol–water partition coefficient (Wildman–Crippen LogP) is 3.30. The lowest BCUT2D eigenvalue weighted by atomic mass is 10.1. The summed E-state index contributed by atoms with van der Waals surface area (Å²) < 4.78 is 21.8. The van der Waals surface area contributed by atoms with E-state index in [-0.39, 0.29) is 6.29 Å². The molecule has 0 fully saturated rings. The van der Waals surface area contributed by atoms with Crippen molar-refractivity contribution in [2.24, 2.45) is 0 Å². The van der Waals surface area contributed by atoms with E-state index in [9.17, 15) is 0 Å². The minimum absolute atomic E-state index is 0.306. The van der Waals surface area contributed by atoms with Gasteiger partial charge in [0.25, 0.3) is 0 Å². The first-order valence-electron chi connectivity index (χ1n) is 6.90. The summed E-state index contributed by atoms with van der Waals surface area (Å²) in [4.78, 5) is 0. The van der Waals surface area contributed by atoms with Gasteiger partial charge in [-0.15, -0.1) is 0 Å². The van der Waals surface area contributed by atoms with Crippen LogP contribution in [0.25, 0.3) is 0 Å². The highest BCUT2D eigenvalue weighted by Gasteiger charge is 2.08. The maximum atomic E-state index is 5.67. The van der Waals surface area contributed by atoms with Gasteiger partial charge < -0.3 is 18.4 Å². The van der Waals surface area contributed by atoms with E-state index in [1.807, 2.05) is 32.2 Å². The van der Waals surface area contributed by atoms with E-state index in [0.717, 1.165) is 18.8 Å². The molecule has 0 saturated heterocycles. The molecule has 0 radical (unpaired) electrons. The predicted molar refractivity (Wildman–Crippen MR) is 82.1 cm³/mol. The molecule has 1 aromatic carbocycles. The summed E-state index contributed by atoms with van der Waals surface area (Å²) in [6, 6.07) is 8.03. The third-order valence-corrected chi connectivity index (χ3v) is 3.01. The van der Waals surface area contributed by atoms with Gasteiger partial charge in [0.05, 0.1) is 6.61 Å². The SMILES string of the molecule is CCOC(COc1ccc(CCOSC)cc1)OCC. The quantitative estimate of drug-likeness (QED) is 0.356. The van der Waals surface area contributed by atoms with Crippen molar-refractivity contribution in [3.8, 4) is 5.75 Å². The van der Waals surface area contributed by atoms with Gasteiger partial charge >= 0.3 is 0 Å². The molecule has 1 aromatic rings. The van der Waals surface area contributed by atoms with Crippen molar-refractivity contribution in [1.82, 2.24) is 0 Å². The maximum Gasteiger partial charge on any atom is 0.191 e. The Bertz CT molecular complexity index is 336. The fourth-order valence-electron chi connectivity index (χ4n) is 1.68. The van der Waals surface area contributed by atoms with E-state index in [1.165, 1.54) is 17.6 Å². The molecule has 5 heteroatoms. The first kappa shape index (κ1) is 17.3. The highest BCUT2D eigenvalue weighted by atomic mass is 32.2. The lowest BCUT2D eigenvalue weighted by Crippen LogP contribution is -2.25. The Balaban J connectivity index is 2.36. The Morgan fingerprint density at radius 3 is 2.25 bits per heavy atom. The molecule has 0 aliphatic carbocycles. The van der Waals surface area contributed by atoms with Crippen LogP contribution in [0.3, 0.4) is 0 Å². The molecule has 0 spiro atoms. The molecule has 0 aliphatic heterocycles. The third kappa shape index (κ3) is 7.14. The summed E-state index contributed by atoms with van der Waals surface area (Å²) in [5.74, 6) is 0.823. The van der Waals surface area contributed by atoms with Crippen molar-refractivity contribution in [2.75, 3.05) is 32.7 Å². The summed E-state index contributed by atoms with van der Waals surface area (Å²) in [5, 5.41) is 0. The van der Waals surface area contributed by atoms with Crippen LogP contribution in [0.4, 0.5) is 0 Å². The zero-order valence-electron chi connectivity index (χ0n) is 12.5. The van der Waals surface area contributed by atoms with Crippen LogP contribution in [0.5, 0.6) is 5.75 Å². The van der Waals surface area contributed by atoms with Crippen LogP contribution in [0.1, 0.15) is 19.4 Å². The van der Waals surface area contributed by atoms with Crippen molar-refractivity contribution < 1.29 is 18.4 Å². The van der Waals surface area contributed by atoms with Gasteiger partial charge in [0.2, 0.25) is 0 Å². The van der Waals surface area contributed by atoms with Crippen molar-refractivity contribution in [3.05, 3.63) is 29.8 Å². The number of rotatable bonds is 11. The van der Waals surface area contributed by atoms with Gasteiger partial charge in [0.1, 0.15) is 12.4 Å². The van der Waals surface area contributed by atoms with E-state index in [4.69, 9.17) is 18.4 Å². The molecule has 0 atom stereocenters. The van der Waals surface area contributed by atoms with Crippen molar-refractivity contribution >= 4 is 12.0 Å². The molecule has 0 unspecified atom stereocenters.